The van der Waals surface area contributed by atoms with E-state index in [9.17, 15) is 0 Å². The van der Waals surface area contributed by atoms with Gasteiger partial charge in [-0.2, -0.15) is 0 Å². The van der Waals surface area contributed by atoms with E-state index in [1.165, 1.54) is 0 Å². The smallest absolute Gasteiger partial charge is 0.252 e. The standard InChI is InChI=1S/C24H18Cl4N4P2S2/c25-17-1-9-21(10-2-17)29-33(35)31(23-13-5-19(27)6-14-23)34(36,30-22-11-3-18(26)4-12-22)32(33)24-15-7-20(28)8-16-24/h1-16H,(H,29,35)(H,30,36). The molecule has 1 saturated heterocycles. The van der Waals surface area contributed by atoms with Gasteiger partial charge in [0.25, 0.3) is 13.8 Å². The molecule has 2 N–H and O–H groups in total. The molecule has 1 fully saturated rings. The van der Waals surface area contributed by atoms with E-state index >= 15 is 0 Å². The van der Waals surface area contributed by atoms with Crippen LogP contribution in [0.3, 0.4) is 0 Å². The first-order valence-corrected chi connectivity index (χ1v) is 17.5. The van der Waals surface area contributed by atoms with Crippen LogP contribution in [0.25, 0.3) is 0 Å². The Labute approximate surface area is 242 Å². The molecule has 1 aliphatic heterocycles. The quantitative estimate of drug-likeness (QED) is 0.163. The summed E-state index contributed by atoms with van der Waals surface area (Å²) in [6.45, 7) is -5.43. The monoisotopic (exact) mass is 628 g/mol. The van der Waals surface area contributed by atoms with Crippen LogP contribution in [0.4, 0.5) is 22.7 Å². The first-order chi connectivity index (χ1) is 17.2. The molecule has 1 aliphatic rings. The lowest BCUT2D eigenvalue weighted by molar-refractivity contribution is 1.37. The predicted octanol–water partition coefficient (Wildman–Crippen LogP) is 10.3. The number of hydrogen-bond donors (Lipinski definition) is 2. The topological polar surface area (TPSA) is 30.5 Å². The fraction of sp³-hybridized carbons (Fsp3) is 0. The lowest BCUT2D eigenvalue weighted by atomic mass is 10.3. The minimum Gasteiger partial charge on any atom is -0.475 e. The van der Waals surface area contributed by atoms with Gasteiger partial charge in [-0.05, 0) is 97.1 Å². The van der Waals surface area contributed by atoms with Gasteiger partial charge in [0.05, 0.1) is 11.4 Å². The Hall–Kier alpha value is -1.20. The van der Waals surface area contributed by atoms with Crippen molar-refractivity contribution in [3.63, 3.8) is 0 Å². The van der Waals surface area contributed by atoms with Gasteiger partial charge in [-0.3, -0.25) is 0 Å². The third kappa shape index (κ3) is 5.08. The van der Waals surface area contributed by atoms with Gasteiger partial charge in [0.2, 0.25) is 0 Å². The molecule has 5 rings (SSSR count). The van der Waals surface area contributed by atoms with Crippen LogP contribution < -0.4 is 19.1 Å². The molecule has 0 aliphatic carbocycles. The number of halogens is 4. The van der Waals surface area contributed by atoms with Crippen molar-refractivity contribution in [2.45, 2.75) is 0 Å². The maximum absolute atomic E-state index is 6.46. The highest BCUT2D eigenvalue weighted by Crippen LogP contribution is 2.95. The molecule has 1 heterocycles. The summed E-state index contributed by atoms with van der Waals surface area (Å²) in [6, 6.07) is 30.1. The minimum absolute atomic E-state index is 0.631. The number of benzene rings is 4. The molecule has 0 spiro atoms. The summed E-state index contributed by atoms with van der Waals surface area (Å²) >= 11 is 37.6. The first-order valence-electron chi connectivity index (χ1n) is 10.6. The van der Waals surface area contributed by atoms with Crippen molar-refractivity contribution in [1.29, 1.82) is 0 Å². The third-order valence-electron chi connectivity index (χ3n) is 5.38. The maximum atomic E-state index is 6.46. The van der Waals surface area contributed by atoms with Crippen molar-refractivity contribution in [2.75, 3.05) is 19.1 Å². The molecule has 4 nitrogen and oxygen atoms in total. The van der Waals surface area contributed by atoms with Gasteiger partial charge in [0.15, 0.2) is 0 Å². The second kappa shape index (κ2) is 10.5. The Morgan fingerprint density at radius 2 is 0.694 bits per heavy atom. The van der Waals surface area contributed by atoms with E-state index in [1.807, 2.05) is 97.1 Å². The van der Waals surface area contributed by atoms with Crippen LogP contribution in [0.15, 0.2) is 97.1 Å². The average molecular weight is 630 g/mol. The Kier molecular flexibility index (Phi) is 7.72. The zero-order valence-corrected chi connectivity index (χ0v) is 24.8. The van der Waals surface area contributed by atoms with Gasteiger partial charge < -0.3 is 24.5 Å². The molecule has 0 aromatic heterocycles. The van der Waals surface area contributed by atoms with Crippen molar-refractivity contribution in [1.82, 2.24) is 0 Å². The normalized spacial score (nSPS) is 21.2. The molecule has 0 bridgehead atoms. The zero-order chi connectivity index (χ0) is 25.5. The van der Waals surface area contributed by atoms with E-state index in [4.69, 9.17) is 70.9 Å². The molecule has 4 aromatic carbocycles. The zero-order valence-electron chi connectivity index (χ0n) is 18.4. The number of anilines is 4. The Bertz CT molecular complexity index is 1250. The van der Waals surface area contributed by atoms with E-state index in [0.29, 0.717) is 20.1 Å². The molecule has 0 atom stereocenters. The Morgan fingerprint density at radius 1 is 0.444 bits per heavy atom. The van der Waals surface area contributed by atoms with E-state index in [2.05, 4.69) is 19.1 Å². The van der Waals surface area contributed by atoms with Gasteiger partial charge in [0, 0.05) is 20.1 Å². The van der Waals surface area contributed by atoms with Crippen molar-refractivity contribution in [3.05, 3.63) is 117 Å². The summed E-state index contributed by atoms with van der Waals surface area (Å²) in [6.07, 6.45) is 0. The molecule has 12 heteroatoms. The minimum atomic E-state index is -2.71. The van der Waals surface area contributed by atoms with E-state index in [1.54, 1.807) is 0 Å². The highest BCUT2D eigenvalue weighted by molar-refractivity contribution is 8.62. The summed E-state index contributed by atoms with van der Waals surface area (Å²) < 4.78 is 4.28. The van der Waals surface area contributed by atoms with Crippen LogP contribution in [0.5, 0.6) is 0 Å². The fourth-order valence-corrected chi connectivity index (χ4v) is 17.8. The molecule has 4 aromatic rings. The number of rotatable bonds is 6. The molecule has 0 amide bonds. The number of nitrogens with zero attached hydrogens (tertiary/aromatic N) is 2. The molecular weight excluding hydrogens is 612 g/mol. The number of hydrogen-bond acceptors (Lipinski definition) is 6. The van der Waals surface area contributed by atoms with Gasteiger partial charge in [0.1, 0.15) is 11.4 Å². The highest BCUT2D eigenvalue weighted by Gasteiger charge is 2.72. The van der Waals surface area contributed by atoms with Crippen molar-refractivity contribution >= 4 is 107 Å². The lowest BCUT2D eigenvalue weighted by Crippen LogP contribution is -2.53. The number of nitrogens with one attached hydrogen (secondary N) is 2. The second-order valence-corrected chi connectivity index (χ2v) is 17.5. The Morgan fingerprint density at radius 3 is 0.972 bits per heavy atom. The van der Waals surface area contributed by atoms with Crippen molar-refractivity contribution in [2.24, 2.45) is 0 Å². The van der Waals surface area contributed by atoms with Crippen LogP contribution in [-0.4, -0.2) is 0 Å². The van der Waals surface area contributed by atoms with Gasteiger partial charge >= 0.3 is 0 Å². The molecule has 0 radical (unpaired) electrons. The SMILES string of the molecule is [S-][P+]1(Nc2ccc(Cl)cc2)N(c2ccc(Cl)cc2)[P+]([S-])(Nc2ccc(Cl)cc2)N1c1ccc(Cl)cc1. The van der Waals surface area contributed by atoms with Gasteiger partial charge in [-0.15, -0.1) is 0 Å². The lowest BCUT2D eigenvalue weighted by Gasteiger charge is -2.64. The summed E-state index contributed by atoms with van der Waals surface area (Å²) in [5.74, 6) is 0. The Balaban J connectivity index is 1.65. The maximum Gasteiger partial charge on any atom is 0.252 e. The molecule has 0 unspecified atom stereocenters. The van der Waals surface area contributed by atoms with E-state index in [0.717, 1.165) is 22.7 Å². The van der Waals surface area contributed by atoms with Crippen molar-refractivity contribution in [3.8, 4) is 0 Å². The highest BCUT2D eigenvalue weighted by atomic mass is 35.5. The molecule has 184 valence electrons. The van der Waals surface area contributed by atoms with Crippen LogP contribution in [0, 0.1) is 0 Å². The van der Waals surface area contributed by atoms with Crippen LogP contribution in [0.2, 0.25) is 20.1 Å². The van der Waals surface area contributed by atoms with Crippen LogP contribution >= 0.6 is 60.2 Å². The van der Waals surface area contributed by atoms with Gasteiger partial charge in [-0.25, -0.2) is 10.2 Å². The first kappa shape index (κ1) is 26.4. The average Bonchev–Trinajstić information content (AvgIpc) is 2.85. The summed E-state index contributed by atoms with van der Waals surface area (Å²) in [4.78, 5) is 0. The predicted molar refractivity (Wildman–Crippen MR) is 167 cm³/mol. The van der Waals surface area contributed by atoms with E-state index < -0.39 is 13.8 Å². The summed E-state index contributed by atoms with van der Waals surface area (Å²) in [5, 5.41) is 9.77. The molecule has 36 heavy (non-hydrogen) atoms. The third-order valence-corrected chi connectivity index (χ3v) is 17.5. The van der Waals surface area contributed by atoms with Crippen LogP contribution in [0.1, 0.15) is 0 Å². The van der Waals surface area contributed by atoms with E-state index in [-0.39, 0.29) is 0 Å². The largest absolute Gasteiger partial charge is 0.475 e. The molecule has 0 saturated carbocycles. The van der Waals surface area contributed by atoms with Crippen molar-refractivity contribution < 1.29 is 0 Å². The van der Waals surface area contributed by atoms with Gasteiger partial charge in [-0.1, -0.05) is 55.3 Å². The van der Waals surface area contributed by atoms with Crippen LogP contribution in [-0.2, 0) is 24.5 Å². The second-order valence-electron chi connectivity index (χ2n) is 7.86. The molecular formula is C24H18Cl4N4P2S2. The summed E-state index contributed by atoms with van der Waals surface area (Å²) in [7, 11) is 0. The summed E-state index contributed by atoms with van der Waals surface area (Å²) in [5.41, 5.74) is 3.43. The fourth-order valence-electron chi connectivity index (χ4n) is 3.81.